The molecule has 1 fully saturated rings. The van der Waals surface area contributed by atoms with Crippen molar-refractivity contribution in [1.29, 1.82) is 0 Å². The molecule has 4 nitrogen and oxygen atoms in total. The van der Waals surface area contributed by atoms with Gasteiger partial charge in [0.15, 0.2) is 0 Å². The van der Waals surface area contributed by atoms with E-state index in [0.717, 1.165) is 25.0 Å². The molecule has 0 saturated heterocycles. The number of pyridine rings is 1. The Labute approximate surface area is 108 Å². The molecule has 0 aromatic carbocycles. The summed E-state index contributed by atoms with van der Waals surface area (Å²) in [5.74, 6) is -0.351. The number of rotatable bonds is 3. The molecule has 0 radical (unpaired) electrons. The summed E-state index contributed by atoms with van der Waals surface area (Å²) in [7, 11) is 0. The number of anilines is 1. The number of carbonyl (C=O) groups is 1. The van der Waals surface area contributed by atoms with Crippen LogP contribution in [0.3, 0.4) is 0 Å². The lowest BCUT2D eigenvalue weighted by Gasteiger charge is -2.34. The van der Waals surface area contributed by atoms with E-state index >= 15 is 0 Å². The maximum Gasteiger partial charge on any atom is 0.433 e. The van der Waals surface area contributed by atoms with Gasteiger partial charge in [-0.3, -0.25) is 4.79 Å². The van der Waals surface area contributed by atoms with Crippen molar-refractivity contribution in [3.8, 4) is 0 Å². The van der Waals surface area contributed by atoms with Gasteiger partial charge in [0, 0.05) is 6.04 Å². The minimum atomic E-state index is -4.54. The Morgan fingerprint density at radius 2 is 2.05 bits per heavy atom. The van der Waals surface area contributed by atoms with Crippen molar-refractivity contribution in [3.05, 3.63) is 23.4 Å². The fourth-order valence-corrected chi connectivity index (χ4v) is 2.14. The second-order valence-electron chi connectivity index (χ2n) is 4.87. The summed E-state index contributed by atoms with van der Waals surface area (Å²) in [4.78, 5) is 14.7. The van der Waals surface area contributed by atoms with Crippen molar-refractivity contribution in [2.24, 2.45) is 11.7 Å². The lowest BCUT2D eigenvalue weighted by atomic mass is 9.82. The predicted molar refractivity (Wildman–Crippen MR) is 63.6 cm³/mol. The number of hydrogen-bond acceptors (Lipinski definition) is 3. The van der Waals surface area contributed by atoms with E-state index in [1.54, 1.807) is 0 Å². The van der Waals surface area contributed by atoms with Crippen LogP contribution >= 0.6 is 0 Å². The highest BCUT2D eigenvalue weighted by Gasteiger charge is 2.34. The van der Waals surface area contributed by atoms with Gasteiger partial charge in [-0.15, -0.1) is 0 Å². The number of hydrogen-bond donors (Lipinski definition) is 2. The molecule has 19 heavy (non-hydrogen) atoms. The number of nitrogens with one attached hydrogen (secondary N) is 1. The largest absolute Gasteiger partial charge is 0.433 e. The Bertz CT molecular complexity index is 495. The fourth-order valence-electron chi connectivity index (χ4n) is 2.14. The van der Waals surface area contributed by atoms with Crippen molar-refractivity contribution in [1.82, 2.24) is 4.98 Å². The lowest BCUT2D eigenvalue weighted by molar-refractivity contribution is -0.141. The van der Waals surface area contributed by atoms with Crippen LogP contribution in [-0.2, 0) is 6.18 Å². The number of alkyl halides is 3. The summed E-state index contributed by atoms with van der Waals surface area (Å²) in [6.07, 6.45) is -2.86. The molecule has 3 N–H and O–H groups in total. The third-order valence-electron chi connectivity index (χ3n) is 3.17. The maximum atomic E-state index is 12.6. The Balaban J connectivity index is 2.28. The zero-order valence-corrected chi connectivity index (χ0v) is 10.3. The number of nitrogens with two attached hydrogens (primary N) is 1. The Morgan fingerprint density at radius 3 is 2.53 bits per heavy atom. The smallest absolute Gasteiger partial charge is 0.367 e. The minimum Gasteiger partial charge on any atom is -0.367 e. The summed E-state index contributed by atoms with van der Waals surface area (Å²) in [5.41, 5.74) is 4.08. The molecule has 0 spiro atoms. The van der Waals surface area contributed by atoms with Gasteiger partial charge in [-0.05, 0) is 30.9 Å². The van der Waals surface area contributed by atoms with Crippen LogP contribution in [0.5, 0.6) is 0 Å². The molecule has 0 unspecified atom stereocenters. The third-order valence-corrected chi connectivity index (χ3v) is 3.17. The molecule has 104 valence electrons. The van der Waals surface area contributed by atoms with E-state index in [1.165, 1.54) is 0 Å². The van der Waals surface area contributed by atoms with E-state index in [9.17, 15) is 18.0 Å². The topological polar surface area (TPSA) is 68.0 Å². The van der Waals surface area contributed by atoms with Crippen molar-refractivity contribution in [2.45, 2.75) is 32.0 Å². The number of amides is 1. The fraction of sp³-hybridized carbons (Fsp3) is 0.500. The van der Waals surface area contributed by atoms with Crippen molar-refractivity contribution in [3.63, 3.8) is 0 Å². The molecule has 0 bridgehead atoms. The Kier molecular flexibility index (Phi) is 3.38. The van der Waals surface area contributed by atoms with Crippen LogP contribution < -0.4 is 11.1 Å². The maximum absolute atomic E-state index is 12.6. The average Bonchev–Trinajstić information content (AvgIpc) is 2.25. The first kappa shape index (κ1) is 13.6. The monoisotopic (exact) mass is 273 g/mol. The molecule has 1 aromatic heterocycles. The van der Waals surface area contributed by atoms with Gasteiger partial charge in [0.2, 0.25) is 0 Å². The van der Waals surface area contributed by atoms with E-state index in [-0.39, 0.29) is 17.4 Å². The van der Waals surface area contributed by atoms with E-state index in [4.69, 9.17) is 5.73 Å². The number of carbonyl (C=O) groups excluding carboxylic acids is 1. The van der Waals surface area contributed by atoms with Gasteiger partial charge in [0.25, 0.3) is 5.91 Å². The van der Waals surface area contributed by atoms with Crippen molar-refractivity contribution in [2.75, 3.05) is 5.32 Å². The normalized spacial score (nSPS) is 22.7. The summed E-state index contributed by atoms with van der Waals surface area (Å²) < 4.78 is 37.8. The second kappa shape index (κ2) is 4.71. The Hall–Kier alpha value is -1.79. The van der Waals surface area contributed by atoms with Crippen LogP contribution in [0.1, 0.15) is 35.8 Å². The number of aromatic nitrogens is 1. The van der Waals surface area contributed by atoms with Gasteiger partial charge in [-0.25, -0.2) is 4.98 Å². The molecule has 0 atom stereocenters. The van der Waals surface area contributed by atoms with E-state index in [0.29, 0.717) is 5.92 Å². The van der Waals surface area contributed by atoms with Gasteiger partial charge in [-0.2, -0.15) is 13.2 Å². The van der Waals surface area contributed by atoms with Crippen LogP contribution in [0.4, 0.5) is 19.0 Å². The number of primary amides is 1. The molecule has 1 aliphatic carbocycles. The van der Waals surface area contributed by atoms with Crippen molar-refractivity contribution < 1.29 is 18.0 Å². The van der Waals surface area contributed by atoms with Crippen LogP contribution in [0.15, 0.2) is 12.1 Å². The van der Waals surface area contributed by atoms with Crippen LogP contribution in [0, 0.1) is 5.92 Å². The predicted octanol–water partition coefficient (Wildman–Crippen LogP) is 2.41. The van der Waals surface area contributed by atoms with Gasteiger partial charge in [-0.1, -0.05) is 6.92 Å². The second-order valence-corrected chi connectivity index (χ2v) is 4.87. The van der Waals surface area contributed by atoms with E-state index < -0.39 is 17.8 Å². The van der Waals surface area contributed by atoms with E-state index in [1.807, 2.05) is 6.92 Å². The molecule has 1 saturated carbocycles. The summed E-state index contributed by atoms with van der Waals surface area (Å²) in [5, 5.41) is 2.86. The highest BCUT2D eigenvalue weighted by atomic mass is 19.4. The summed E-state index contributed by atoms with van der Waals surface area (Å²) in [6.45, 7) is 2.05. The standard InChI is InChI=1S/C12H14F3N3O/c1-6-4-7(5-6)17-11-8(10(16)19)2-3-9(18-11)12(13,14)15/h2-3,6-7H,4-5H2,1H3,(H2,16,19)(H,17,18). The molecular weight excluding hydrogens is 259 g/mol. The van der Waals surface area contributed by atoms with Gasteiger partial charge < -0.3 is 11.1 Å². The SMILES string of the molecule is CC1CC(Nc2nc(C(F)(F)F)ccc2C(N)=O)C1. The van der Waals surface area contributed by atoms with Gasteiger partial charge in [0.05, 0.1) is 5.56 Å². The first-order valence-corrected chi connectivity index (χ1v) is 5.92. The molecule has 1 aliphatic rings. The van der Waals surface area contributed by atoms with Crippen LogP contribution in [0.25, 0.3) is 0 Å². The highest BCUT2D eigenvalue weighted by Crippen LogP contribution is 2.32. The molecule has 2 rings (SSSR count). The molecule has 7 heteroatoms. The van der Waals surface area contributed by atoms with E-state index in [2.05, 4.69) is 10.3 Å². The van der Waals surface area contributed by atoms with Gasteiger partial charge in [0.1, 0.15) is 11.5 Å². The van der Waals surface area contributed by atoms with Crippen LogP contribution in [-0.4, -0.2) is 16.9 Å². The average molecular weight is 273 g/mol. The first-order valence-electron chi connectivity index (χ1n) is 5.92. The van der Waals surface area contributed by atoms with Gasteiger partial charge >= 0.3 is 6.18 Å². The van der Waals surface area contributed by atoms with Crippen LogP contribution in [0.2, 0.25) is 0 Å². The quantitative estimate of drug-likeness (QED) is 0.888. The number of nitrogens with zero attached hydrogens (tertiary/aromatic N) is 1. The zero-order chi connectivity index (χ0) is 14.2. The summed E-state index contributed by atoms with van der Waals surface area (Å²) in [6, 6.07) is 1.86. The highest BCUT2D eigenvalue weighted by molar-refractivity contribution is 5.97. The number of halogens is 3. The van der Waals surface area contributed by atoms with Crippen molar-refractivity contribution >= 4 is 11.7 Å². The molecule has 1 heterocycles. The molecule has 1 amide bonds. The zero-order valence-electron chi connectivity index (χ0n) is 10.3. The first-order chi connectivity index (χ1) is 8.77. The Morgan fingerprint density at radius 1 is 1.42 bits per heavy atom. The summed E-state index contributed by atoms with van der Waals surface area (Å²) >= 11 is 0. The third kappa shape index (κ3) is 2.97. The molecule has 0 aliphatic heterocycles. The minimum absolute atomic E-state index is 0.0208. The molecule has 1 aromatic rings. The molecular formula is C12H14F3N3O. The lowest BCUT2D eigenvalue weighted by Crippen LogP contribution is -2.35.